The summed E-state index contributed by atoms with van der Waals surface area (Å²) in [5.41, 5.74) is 6.15. The van der Waals surface area contributed by atoms with Crippen LogP contribution in [-0.2, 0) is 0 Å². The van der Waals surface area contributed by atoms with Gasteiger partial charge in [0.2, 0.25) is 0 Å². The van der Waals surface area contributed by atoms with Crippen LogP contribution in [-0.4, -0.2) is 23.2 Å². The molecule has 0 aliphatic heterocycles. The maximum Gasteiger partial charge on any atom is 0.252 e. The monoisotopic (exact) mass is 166 g/mol. The molecule has 0 radical (unpaired) electrons. The van der Waals surface area contributed by atoms with E-state index in [2.05, 4.69) is 15.5 Å². The molecule has 64 valence electrons. The van der Waals surface area contributed by atoms with Gasteiger partial charge in [0.1, 0.15) is 0 Å². The summed E-state index contributed by atoms with van der Waals surface area (Å²) in [7, 11) is 1.66. The van der Waals surface area contributed by atoms with Gasteiger partial charge in [0, 0.05) is 7.05 Å². The minimum absolute atomic E-state index is 0.366. The predicted octanol–water partition coefficient (Wildman–Crippen LogP) is -0.0744. The van der Waals surface area contributed by atoms with E-state index < -0.39 is 5.91 Å². The van der Waals surface area contributed by atoms with Crippen LogP contribution in [0.4, 0.5) is 5.82 Å². The van der Waals surface area contributed by atoms with E-state index >= 15 is 0 Å². The van der Waals surface area contributed by atoms with Crippen LogP contribution >= 0.6 is 0 Å². The Bertz CT molecular complexity index is 310. The molecule has 1 aromatic heterocycles. The molecule has 0 spiro atoms. The second-order valence-corrected chi connectivity index (χ2v) is 2.36. The third-order valence-electron chi connectivity index (χ3n) is 1.42. The number of primary amides is 1. The van der Waals surface area contributed by atoms with Crippen molar-refractivity contribution >= 4 is 11.7 Å². The van der Waals surface area contributed by atoms with Gasteiger partial charge in [-0.25, -0.2) is 0 Å². The molecule has 1 amide bonds. The Morgan fingerprint density at radius 2 is 2.25 bits per heavy atom. The first-order valence-electron chi connectivity index (χ1n) is 3.47. The maximum atomic E-state index is 10.8. The SMILES string of the molecule is CNc1nnc(C)cc1C(N)=O. The lowest BCUT2D eigenvalue weighted by Gasteiger charge is -2.03. The summed E-state index contributed by atoms with van der Waals surface area (Å²) in [5, 5.41) is 10.3. The predicted molar refractivity (Wildman–Crippen MR) is 44.8 cm³/mol. The molecule has 0 aliphatic rings. The zero-order chi connectivity index (χ0) is 9.14. The average Bonchev–Trinajstić information content (AvgIpc) is 2.04. The molecule has 12 heavy (non-hydrogen) atoms. The van der Waals surface area contributed by atoms with Gasteiger partial charge in [-0.1, -0.05) is 0 Å². The van der Waals surface area contributed by atoms with Crippen LogP contribution in [0.2, 0.25) is 0 Å². The molecule has 1 rings (SSSR count). The van der Waals surface area contributed by atoms with Crippen LogP contribution in [0.3, 0.4) is 0 Å². The van der Waals surface area contributed by atoms with Crippen LogP contribution in [0, 0.1) is 6.92 Å². The molecule has 0 aliphatic carbocycles. The molecule has 0 aromatic carbocycles. The Morgan fingerprint density at radius 1 is 1.58 bits per heavy atom. The Kier molecular flexibility index (Phi) is 2.23. The second kappa shape index (κ2) is 3.17. The van der Waals surface area contributed by atoms with Crippen LogP contribution in [0.25, 0.3) is 0 Å². The average molecular weight is 166 g/mol. The maximum absolute atomic E-state index is 10.8. The number of carbonyl (C=O) groups excluding carboxylic acids is 1. The molecule has 0 saturated heterocycles. The van der Waals surface area contributed by atoms with Crippen molar-refractivity contribution in [2.24, 2.45) is 5.73 Å². The number of anilines is 1. The van der Waals surface area contributed by atoms with Crippen molar-refractivity contribution in [3.8, 4) is 0 Å². The van der Waals surface area contributed by atoms with E-state index in [-0.39, 0.29) is 0 Å². The van der Waals surface area contributed by atoms with Crippen molar-refractivity contribution in [2.45, 2.75) is 6.92 Å². The largest absolute Gasteiger partial charge is 0.371 e. The molecule has 1 heterocycles. The summed E-state index contributed by atoms with van der Waals surface area (Å²) < 4.78 is 0. The van der Waals surface area contributed by atoms with Gasteiger partial charge >= 0.3 is 0 Å². The standard InChI is InChI=1S/C7H10N4O/c1-4-3-5(6(8)12)7(9-2)11-10-4/h3H,1-2H3,(H2,8,12)(H,9,11). The van der Waals surface area contributed by atoms with Gasteiger partial charge < -0.3 is 11.1 Å². The Labute approximate surface area is 70.0 Å². The van der Waals surface area contributed by atoms with E-state index in [9.17, 15) is 4.79 Å². The van der Waals surface area contributed by atoms with E-state index in [0.29, 0.717) is 17.1 Å². The first-order valence-corrected chi connectivity index (χ1v) is 3.47. The molecule has 5 heteroatoms. The topological polar surface area (TPSA) is 80.9 Å². The lowest BCUT2D eigenvalue weighted by atomic mass is 10.2. The fraction of sp³-hybridized carbons (Fsp3) is 0.286. The zero-order valence-electron chi connectivity index (χ0n) is 6.96. The number of amides is 1. The fourth-order valence-electron chi connectivity index (χ4n) is 0.861. The molecule has 5 nitrogen and oxygen atoms in total. The molecule has 1 aromatic rings. The van der Waals surface area contributed by atoms with E-state index in [0.717, 1.165) is 0 Å². The zero-order valence-corrected chi connectivity index (χ0v) is 6.96. The number of rotatable bonds is 2. The molecule has 0 bridgehead atoms. The van der Waals surface area contributed by atoms with Gasteiger partial charge in [0.05, 0.1) is 11.3 Å². The normalized spacial score (nSPS) is 9.50. The second-order valence-electron chi connectivity index (χ2n) is 2.36. The van der Waals surface area contributed by atoms with Gasteiger partial charge in [-0.05, 0) is 13.0 Å². The smallest absolute Gasteiger partial charge is 0.252 e. The Morgan fingerprint density at radius 3 is 2.75 bits per heavy atom. The summed E-state index contributed by atoms with van der Waals surface area (Å²) in [5.74, 6) is -0.0922. The Hall–Kier alpha value is -1.65. The highest BCUT2D eigenvalue weighted by Gasteiger charge is 2.08. The minimum Gasteiger partial charge on any atom is -0.371 e. The number of hydrogen-bond donors (Lipinski definition) is 2. The van der Waals surface area contributed by atoms with Crippen LogP contribution in [0.5, 0.6) is 0 Å². The van der Waals surface area contributed by atoms with Crippen LogP contribution in [0.1, 0.15) is 16.1 Å². The number of hydrogen-bond acceptors (Lipinski definition) is 4. The van der Waals surface area contributed by atoms with Crippen molar-refractivity contribution in [2.75, 3.05) is 12.4 Å². The highest BCUT2D eigenvalue weighted by molar-refractivity contribution is 5.97. The molecular formula is C7H10N4O. The summed E-state index contributed by atoms with van der Waals surface area (Å²) in [4.78, 5) is 10.8. The van der Waals surface area contributed by atoms with Crippen molar-refractivity contribution < 1.29 is 4.79 Å². The van der Waals surface area contributed by atoms with Crippen molar-refractivity contribution in [3.05, 3.63) is 17.3 Å². The van der Waals surface area contributed by atoms with Gasteiger partial charge in [-0.15, -0.1) is 5.10 Å². The van der Waals surface area contributed by atoms with Crippen LogP contribution in [0.15, 0.2) is 6.07 Å². The molecule has 0 atom stereocenters. The van der Waals surface area contributed by atoms with Gasteiger partial charge in [-0.3, -0.25) is 4.79 Å². The number of aromatic nitrogens is 2. The third kappa shape index (κ3) is 1.50. The van der Waals surface area contributed by atoms with Crippen molar-refractivity contribution in [1.82, 2.24) is 10.2 Å². The summed E-state index contributed by atoms with van der Waals surface area (Å²) in [6.45, 7) is 1.75. The van der Waals surface area contributed by atoms with Gasteiger partial charge in [0.25, 0.3) is 5.91 Å². The van der Waals surface area contributed by atoms with Crippen molar-refractivity contribution in [1.29, 1.82) is 0 Å². The molecule has 3 N–H and O–H groups in total. The number of nitrogens with two attached hydrogens (primary N) is 1. The summed E-state index contributed by atoms with van der Waals surface area (Å²) in [6.07, 6.45) is 0. The Balaban J connectivity index is 3.21. The first-order chi connectivity index (χ1) is 5.65. The summed E-state index contributed by atoms with van der Waals surface area (Å²) in [6, 6.07) is 1.60. The third-order valence-corrected chi connectivity index (χ3v) is 1.42. The molecular weight excluding hydrogens is 156 g/mol. The lowest BCUT2D eigenvalue weighted by molar-refractivity contribution is 0.100. The van der Waals surface area contributed by atoms with E-state index in [1.807, 2.05) is 0 Å². The molecule has 0 saturated carbocycles. The lowest BCUT2D eigenvalue weighted by Crippen LogP contribution is -2.15. The van der Waals surface area contributed by atoms with E-state index in [1.165, 1.54) is 0 Å². The van der Waals surface area contributed by atoms with Crippen LogP contribution < -0.4 is 11.1 Å². The quantitative estimate of drug-likeness (QED) is 0.644. The van der Waals surface area contributed by atoms with Gasteiger partial charge in [-0.2, -0.15) is 5.10 Å². The number of carbonyl (C=O) groups is 1. The van der Waals surface area contributed by atoms with E-state index in [1.54, 1.807) is 20.0 Å². The van der Waals surface area contributed by atoms with E-state index in [4.69, 9.17) is 5.73 Å². The van der Waals surface area contributed by atoms with Gasteiger partial charge in [0.15, 0.2) is 5.82 Å². The number of nitrogens with zero attached hydrogens (tertiary/aromatic N) is 2. The number of aryl methyl sites for hydroxylation is 1. The molecule has 0 unspecified atom stereocenters. The highest BCUT2D eigenvalue weighted by Crippen LogP contribution is 2.09. The summed E-state index contributed by atoms with van der Waals surface area (Å²) >= 11 is 0. The fourth-order valence-corrected chi connectivity index (χ4v) is 0.861. The first kappa shape index (κ1) is 8.45. The number of nitrogens with one attached hydrogen (secondary N) is 1. The minimum atomic E-state index is -0.502. The molecule has 0 fully saturated rings. The highest BCUT2D eigenvalue weighted by atomic mass is 16.1. The van der Waals surface area contributed by atoms with Crippen molar-refractivity contribution in [3.63, 3.8) is 0 Å².